The van der Waals surface area contributed by atoms with Gasteiger partial charge in [0.25, 0.3) is 0 Å². The van der Waals surface area contributed by atoms with Crippen molar-refractivity contribution in [1.82, 2.24) is 14.5 Å². The summed E-state index contributed by atoms with van der Waals surface area (Å²) in [5, 5.41) is 11.9. The van der Waals surface area contributed by atoms with Crippen LogP contribution in [0.1, 0.15) is 0 Å². The van der Waals surface area contributed by atoms with E-state index in [1.165, 1.54) is 61.9 Å². The quantitative estimate of drug-likeness (QED) is 0.183. The molecule has 0 unspecified atom stereocenters. The van der Waals surface area contributed by atoms with Crippen molar-refractivity contribution in [3.8, 4) is 17.2 Å². The normalized spacial score (nSPS) is 12.4. The minimum atomic E-state index is 0.582. The van der Waals surface area contributed by atoms with Gasteiger partial charge in [0, 0.05) is 72.8 Å². The molecular weight excluding hydrogens is 651 g/mol. The summed E-state index contributed by atoms with van der Waals surface area (Å²) in [5.74, 6) is 1.46. The standard InChI is InChI=1S/C44H23N3OS2/c1-2-13-27-26(12-1)40-37(38-30-16-6-10-20-35(30)50-41(27)38)28-14-3-7-17-32(28)47(40)43-39-29-15-4-8-18-33(29)48-44(39)46-42(45-43)24-21-22-36-31(23-24)25-11-5-9-19-34(25)49-36/h1-23H. The zero-order valence-corrected chi connectivity index (χ0v) is 28.0. The Morgan fingerprint density at radius 2 is 1.14 bits per heavy atom. The number of hydrogen-bond acceptors (Lipinski definition) is 5. The van der Waals surface area contributed by atoms with Gasteiger partial charge in [0.2, 0.25) is 5.71 Å². The van der Waals surface area contributed by atoms with Gasteiger partial charge in [-0.05, 0) is 42.5 Å². The molecule has 0 amide bonds. The summed E-state index contributed by atoms with van der Waals surface area (Å²) in [6, 6.07) is 49.8. The second-order valence-electron chi connectivity index (χ2n) is 12.9. The fourth-order valence-corrected chi connectivity index (χ4v) is 10.4. The molecule has 5 heterocycles. The van der Waals surface area contributed by atoms with Crippen LogP contribution in [0.2, 0.25) is 0 Å². The first-order valence-electron chi connectivity index (χ1n) is 16.7. The lowest BCUT2D eigenvalue weighted by Crippen LogP contribution is -2.02. The van der Waals surface area contributed by atoms with Gasteiger partial charge in [-0.2, -0.15) is 4.98 Å². The number of rotatable bonds is 2. The van der Waals surface area contributed by atoms with E-state index in [-0.39, 0.29) is 0 Å². The number of aromatic nitrogens is 3. The molecule has 0 bridgehead atoms. The summed E-state index contributed by atoms with van der Waals surface area (Å²) in [4.78, 5) is 10.7. The van der Waals surface area contributed by atoms with E-state index in [1.807, 2.05) is 34.8 Å². The molecule has 0 aliphatic heterocycles. The second kappa shape index (κ2) is 9.76. The van der Waals surface area contributed by atoms with Crippen molar-refractivity contribution < 1.29 is 4.42 Å². The molecule has 0 saturated heterocycles. The van der Waals surface area contributed by atoms with Crippen molar-refractivity contribution in [2.75, 3.05) is 0 Å². The highest BCUT2D eigenvalue weighted by Crippen LogP contribution is 2.49. The van der Waals surface area contributed by atoms with Gasteiger partial charge in [-0.3, -0.25) is 4.57 Å². The molecule has 0 N–H and O–H groups in total. The van der Waals surface area contributed by atoms with Gasteiger partial charge < -0.3 is 4.42 Å². The van der Waals surface area contributed by atoms with E-state index in [0.717, 1.165) is 38.8 Å². The maximum atomic E-state index is 6.56. The van der Waals surface area contributed by atoms with Crippen LogP contribution in [0, 0.1) is 0 Å². The summed E-state index contributed by atoms with van der Waals surface area (Å²) in [7, 11) is 0. The smallest absolute Gasteiger partial charge is 0.233 e. The summed E-state index contributed by atoms with van der Waals surface area (Å²) in [6.07, 6.45) is 0. The molecule has 0 radical (unpaired) electrons. The van der Waals surface area contributed by atoms with Crippen LogP contribution in [0.5, 0.6) is 0 Å². The lowest BCUT2D eigenvalue weighted by Gasteiger charge is -2.12. The van der Waals surface area contributed by atoms with Crippen LogP contribution in [0.3, 0.4) is 0 Å². The van der Waals surface area contributed by atoms with Crippen LogP contribution in [-0.4, -0.2) is 14.5 Å². The molecule has 0 spiro atoms. The first kappa shape index (κ1) is 26.8. The molecule has 0 aliphatic carbocycles. The zero-order valence-electron chi connectivity index (χ0n) is 26.3. The van der Waals surface area contributed by atoms with Crippen LogP contribution >= 0.6 is 22.7 Å². The molecule has 0 aliphatic rings. The molecular formula is C44H23N3OS2. The molecule has 5 aromatic heterocycles. The van der Waals surface area contributed by atoms with Crippen molar-refractivity contribution in [3.63, 3.8) is 0 Å². The summed E-state index contributed by atoms with van der Waals surface area (Å²) < 4.78 is 14.1. The summed E-state index contributed by atoms with van der Waals surface area (Å²) in [5.41, 5.74) is 4.59. The molecule has 50 heavy (non-hydrogen) atoms. The Kier molecular flexibility index (Phi) is 5.23. The monoisotopic (exact) mass is 673 g/mol. The van der Waals surface area contributed by atoms with E-state index in [2.05, 4.69) is 132 Å². The largest absolute Gasteiger partial charge is 0.437 e. The molecule has 12 rings (SSSR count). The Hall–Kier alpha value is -6.08. The maximum absolute atomic E-state index is 6.56. The number of hydrogen-bond donors (Lipinski definition) is 0. The SMILES string of the molecule is c1ccc2c(c1)oc1nc(-c3ccc4sc5ccccc5c4c3)nc(-n3c4ccccc4c4c5c6ccccc6sc5c5ccccc5c43)c12. The van der Waals surface area contributed by atoms with Crippen molar-refractivity contribution in [2.24, 2.45) is 0 Å². The third kappa shape index (κ3) is 3.49. The van der Waals surface area contributed by atoms with Gasteiger partial charge in [-0.15, -0.1) is 22.7 Å². The lowest BCUT2D eigenvalue weighted by atomic mass is 10.00. The van der Waals surface area contributed by atoms with Gasteiger partial charge >= 0.3 is 0 Å². The van der Waals surface area contributed by atoms with Crippen molar-refractivity contribution in [2.45, 2.75) is 0 Å². The van der Waals surface area contributed by atoms with Crippen LogP contribution in [0.4, 0.5) is 0 Å². The Labute approximate surface area is 292 Å². The Bertz CT molecular complexity index is 3400. The molecule has 0 fully saturated rings. The number of furan rings is 1. The highest BCUT2D eigenvalue weighted by molar-refractivity contribution is 7.27. The van der Waals surface area contributed by atoms with Gasteiger partial charge in [-0.1, -0.05) is 97.1 Å². The van der Waals surface area contributed by atoms with Gasteiger partial charge in [-0.25, -0.2) is 4.98 Å². The number of nitrogens with zero attached hydrogens (tertiary/aromatic N) is 3. The van der Waals surface area contributed by atoms with Gasteiger partial charge in [0.15, 0.2) is 11.6 Å². The third-order valence-corrected chi connectivity index (χ3v) is 12.6. The fraction of sp³-hybridized carbons (Fsp3) is 0. The minimum absolute atomic E-state index is 0.582. The fourth-order valence-electron chi connectivity index (χ4n) is 8.10. The maximum Gasteiger partial charge on any atom is 0.233 e. The van der Waals surface area contributed by atoms with Gasteiger partial charge in [0.05, 0.1) is 16.4 Å². The van der Waals surface area contributed by atoms with Crippen molar-refractivity contribution in [1.29, 1.82) is 0 Å². The molecule has 232 valence electrons. The van der Waals surface area contributed by atoms with E-state index < -0.39 is 0 Å². The molecule has 6 heteroatoms. The average Bonchev–Trinajstić information content (AvgIpc) is 3.93. The Morgan fingerprint density at radius 3 is 2.00 bits per heavy atom. The van der Waals surface area contributed by atoms with E-state index in [1.54, 1.807) is 0 Å². The van der Waals surface area contributed by atoms with E-state index in [0.29, 0.717) is 11.5 Å². The predicted octanol–water partition coefficient (Wildman–Crippen LogP) is 13.0. The van der Waals surface area contributed by atoms with E-state index >= 15 is 0 Å². The van der Waals surface area contributed by atoms with Crippen LogP contribution in [0.15, 0.2) is 144 Å². The highest BCUT2D eigenvalue weighted by atomic mass is 32.1. The second-order valence-corrected chi connectivity index (χ2v) is 15.0. The third-order valence-electron chi connectivity index (χ3n) is 10.2. The highest BCUT2D eigenvalue weighted by Gasteiger charge is 2.25. The molecule has 7 aromatic carbocycles. The lowest BCUT2D eigenvalue weighted by molar-refractivity contribution is 0.653. The van der Waals surface area contributed by atoms with Crippen molar-refractivity contribution >= 4 is 118 Å². The topological polar surface area (TPSA) is 43.9 Å². The van der Waals surface area contributed by atoms with Crippen LogP contribution < -0.4 is 0 Å². The van der Waals surface area contributed by atoms with Crippen LogP contribution in [0.25, 0.3) is 112 Å². The minimum Gasteiger partial charge on any atom is -0.437 e. The van der Waals surface area contributed by atoms with Crippen LogP contribution in [-0.2, 0) is 0 Å². The number of para-hydroxylation sites is 2. The Balaban J connectivity index is 1.29. The molecule has 0 saturated carbocycles. The molecule has 0 atom stereocenters. The Morgan fingerprint density at radius 1 is 0.480 bits per heavy atom. The number of thiophene rings is 2. The van der Waals surface area contributed by atoms with Crippen molar-refractivity contribution in [3.05, 3.63) is 140 Å². The van der Waals surface area contributed by atoms with Gasteiger partial charge in [0.1, 0.15) is 5.58 Å². The predicted molar refractivity (Wildman–Crippen MR) is 212 cm³/mol. The summed E-state index contributed by atoms with van der Waals surface area (Å²) in [6.45, 7) is 0. The summed E-state index contributed by atoms with van der Waals surface area (Å²) >= 11 is 3.69. The molecule has 12 aromatic rings. The average molecular weight is 674 g/mol. The van der Waals surface area contributed by atoms with E-state index in [4.69, 9.17) is 14.4 Å². The number of benzene rings is 7. The first-order chi connectivity index (χ1) is 24.8. The number of fused-ring (bicyclic) bond motifs is 16. The molecule has 4 nitrogen and oxygen atoms in total. The van der Waals surface area contributed by atoms with E-state index in [9.17, 15) is 0 Å². The zero-order chi connectivity index (χ0) is 32.5. The first-order valence-corrected chi connectivity index (χ1v) is 18.3.